The number of aromatic nitrogens is 4. The zero-order chi connectivity index (χ0) is 23.1. The summed E-state index contributed by atoms with van der Waals surface area (Å²) in [6, 6.07) is 2.90. The number of carbonyl (C=O) groups excluding carboxylic acids is 1. The summed E-state index contributed by atoms with van der Waals surface area (Å²) in [5.41, 5.74) is -0.108. The van der Waals surface area contributed by atoms with Gasteiger partial charge in [0.1, 0.15) is 5.82 Å². The Bertz CT molecular complexity index is 1230. The van der Waals surface area contributed by atoms with Crippen molar-refractivity contribution in [3.63, 3.8) is 0 Å². The quantitative estimate of drug-likeness (QED) is 0.613. The summed E-state index contributed by atoms with van der Waals surface area (Å²) in [4.78, 5) is 32.1. The lowest BCUT2D eigenvalue weighted by molar-refractivity contribution is -0.137. The van der Waals surface area contributed by atoms with E-state index in [0.29, 0.717) is 35.0 Å². The van der Waals surface area contributed by atoms with Gasteiger partial charge in [0.05, 0.1) is 16.8 Å². The van der Waals surface area contributed by atoms with E-state index in [1.165, 1.54) is 10.7 Å². The molecule has 0 spiro atoms. The number of aromatic amines is 1. The fourth-order valence-corrected chi connectivity index (χ4v) is 3.31. The molecule has 3 aromatic rings. The van der Waals surface area contributed by atoms with Crippen LogP contribution in [0.1, 0.15) is 45.4 Å². The van der Waals surface area contributed by atoms with E-state index in [2.05, 4.69) is 20.4 Å². The number of nitrogens with zero attached hydrogens (tertiary/aromatic N) is 3. The van der Waals surface area contributed by atoms with Crippen LogP contribution in [0.15, 0.2) is 23.0 Å². The van der Waals surface area contributed by atoms with Crippen LogP contribution in [0.25, 0.3) is 5.95 Å². The minimum absolute atomic E-state index is 0.0401. The molecule has 1 aromatic carbocycles. The van der Waals surface area contributed by atoms with E-state index < -0.39 is 23.2 Å². The average molecular weight is 454 g/mol. The molecule has 0 atom stereocenters. The third-order valence-electron chi connectivity index (χ3n) is 4.89. The summed E-state index contributed by atoms with van der Waals surface area (Å²) >= 11 is 5.69. The predicted octanol–water partition coefficient (Wildman–Crippen LogP) is 4.37. The van der Waals surface area contributed by atoms with Gasteiger partial charge >= 0.3 is 6.18 Å². The number of amides is 1. The highest BCUT2D eigenvalue weighted by molar-refractivity contribution is 6.30. The van der Waals surface area contributed by atoms with Crippen molar-refractivity contribution in [2.24, 2.45) is 0 Å². The Morgan fingerprint density at radius 2 is 1.90 bits per heavy atom. The maximum absolute atomic E-state index is 13.4. The first-order chi connectivity index (χ1) is 14.4. The predicted molar refractivity (Wildman–Crippen MR) is 110 cm³/mol. The summed E-state index contributed by atoms with van der Waals surface area (Å²) in [6.45, 7) is 6.79. The lowest BCUT2D eigenvalue weighted by Crippen LogP contribution is -2.23. The van der Waals surface area contributed by atoms with E-state index in [4.69, 9.17) is 11.6 Å². The van der Waals surface area contributed by atoms with Crippen molar-refractivity contribution in [2.45, 2.75) is 40.3 Å². The molecule has 0 radical (unpaired) electrons. The fourth-order valence-electron chi connectivity index (χ4n) is 3.14. The van der Waals surface area contributed by atoms with Crippen molar-refractivity contribution in [3.8, 4) is 5.95 Å². The van der Waals surface area contributed by atoms with E-state index >= 15 is 0 Å². The standard InChI is InChI=1S/C20H19ClF3N5O2/c1-5-13-11(4)25-19(27-17(13)30)29-16(9(2)10(3)28-29)26-18(31)14-7-6-12(21)8-15(14)20(22,23)24/h6-8H,5H2,1-4H3,(H,26,31)(H,25,27,30). The van der Waals surface area contributed by atoms with E-state index in [9.17, 15) is 22.8 Å². The van der Waals surface area contributed by atoms with Crippen LogP contribution >= 0.6 is 11.6 Å². The molecule has 31 heavy (non-hydrogen) atoms. The Labute approximate surface area is 180 Å². The van der Waals surface area contributed by atoms with Crippen molar-refractivity contribution in [3.05, 3.63) is 67.2 Å². The maximum atomic E-state index is 13.4. The molecular weight excluding hydrogens is 435 g/mol. The molecule has 2 heterocycles. The minimum atomic E-state index is -4.78. The molecule has 0 fully saturated rings. The van der Waals surface area contributed by atoms with Crippen LogP contribution in [0, 0.1) is 20.8 Å². The second-order valence-corrected chi connectivity index (χ2v) is 7.36. The number of aryl methyl sites for hydroxylation is 2. The molecule has 0 saturated heterocycles. The van der Waals surface area contributed by atoms with E-state index in [0.717, 1.165) is 6.07 Å². The van der Waals surface area contributed by atoms with Crippen LogP contribution in [0.2, 0.25) is 5.02 Å². The Balaban J connectivity index is 2.09. The van der Waals surface area contributed by atoms with Crippen molar-refractivity contribution in [1.29, 1.82) is 0 Å². The van der Waals surface area contributed by atoms with Gasteiger partial charge in [-0.25, -0.2) is 4.98 Å². The van der Waals surface area contributed by atoms with Gasteiger partial charge in [-0.15, -0.1) is 0 Å². The normalized spacial score (nSPS) is 11.6. The molecule has 11 heteroatoms. The van der Waals surface area contributed by atoms with Gasteiger partial charge in [-0.3, -0.25) is 14.6 Å². The molecule has 2 aromatic heterocycles. The number of rotatable bonds is 4. The molecule has 0 bridgehead atoms. The van der Waals surface area contributed by atoms with Gasteiger partial charge in [-0.05, 0) is 45.4 Å². The first-order valence-corrected chi connectivity index (χ1v) is 9.66. The zero-order valence-electron chi connectivity index (χ0n) is 17.1. The van der Waals surface area contributed by atoms with Gasteiger partial charge in [-0.2, -0.15) is 23.0 Å². The van der Waals surface area contributed by atoms with E-state index in [1.54, 1.807) is 20.8 Å². The highest BCUT2D eigenvalue weighted by Crippen LogP contribution is 2.34. The first-order valence-electron chi connectivity index (χ1n) is 9.28. The lowest BCUT2D eigenvalue weighted by Gasteiger charge is -2.14. The Kier molecular flexibility index (Phi) is 5.95. The molecule has 1 amide bonds. The third kappa shape index (κ3) is 4.34. The molecule has 7 nitrogen and oxygen atoms in total. The van der Waals surface area contributed by atoms with Crippen molar-refractivity contribution >= 4 is 23.3 Å². The smallest absolute Gasteiger partial charge is 0.306 e. The molecule has 0 aliphatic carbocycles. The summed E-state index contributed by atoms with van der Waals surface area (Å²) in [5, 5.41) is 6.60. The van der Waals surface area contributed by atoms with E-state index in [1.807, 2.05) is 6.92 Å². The number of hydrogen-bond donors (Lipinski definition) is 2. The zero-order valence-corrected chi connectivity index (χ0v) is 17.9. The van der Waals surface area contributed by atoms with Gasteiger partial charge in [0, 0.05) is 21.8 Å². The second-order valence-electron chi connectivity index (χ2n) is 6.92. The number of carbonyl (C=O) groups is 1. The molecule has 0 aliphatic rings. The monoisotopic (exact) mass is 453 g/mol. The summed E-state index contributed by atoms with van der Waals surface area (Å²) < 4.78 is 41.4. The molecular formula is C20H19ClF3N5O2. The third-order valence-corrected chi connectivity index (χ3v) is 5.12. The number of anilines is 1. The van der Waals surface area contributed by atoms with Crippen molar-refractivity contribution in [1.82, 2.24) is 19.7 Å². The van der Waals surface area contributed by atoms with E-state index in [-0.39, 0.29) is 22.3 Å². The molecule has 2 N–H and O–H groups in total. The van der Waals surface area contributed by atoms with Crippen molar-refractivity contribution < 1.29 is 18.0 Å². The molecule has 0 aliphatic heterocycles. The van der Waals surface area contributed by atoms with Crippen LogP contribution in [0.4, 0.5) is 19.0 Å². The van der Waals surface area contributed by atoms with Gasteiger partial charge in [0.2, 0.25) is 5.95 Å². The molecule has 0 saturated carbocycles. The van der Waals surface area contributed by atoms with Crippen LogP contribution in [0.5, 0.6) is 0 Å². The van der Waals surface area contributed by atoms with Crippen LogP contribution < -0.4 is 10.9 Å². The fraction of sp³-hybridized carbons (Fsp3) is 0.300. The van der Waals surface area contributed by atoms with Crippen LogP contribution in [-0.4, -0.2) is 25.7 Å². The number of benzene rings is 1. The molecule has 164 valence electrons. The molecule has 3 rings (SSSR count). The number of hydrogen-bond acceptors (Lipinski definition) is 4. The highest BCUT2D eigenvalue weighted by atomic mass is 35.5. The van der Waals surface area contributed by atoms with Gasteiger partial charge in [-0.1, -0.05) is 18.5 Å². The Morgan fingerprint density at radius 3 is 2.48 bits per heavy atom. The minimum Gasteiger partial charge on any atom is -0.306 e. The number of H-pyrrole nitrogens is 1. The SMILES string of the molecule is CCc1c(C)nc(-n2nc(C)c(C)c2NC(=O)c2ccc(Cl)cc2C(F)(F)F)[nH]c1=O. The van der Waals surface area contributed by atoms with Gasteiger partial charge in [0.15, 0.2) is 0 Å². The number of nitrogens with one attached hydrogen (secondary N) is 2. The van der Waals surface area contributed by atoms with Gasteiger partial charge < -0.3 is 5.32 Å². The first kappa shape index (κ1) is 22.5. The van der Waals surface area contributed by atoms with Gasteiger partial charge in [0.25, 0.3) is 11.5 Å². The second kappa shape index (κ2) is 8.18. The van der Waals surface area contributed by atoms with Crippen LogP contribution in [-0.2, 0) is 12.6 Å². The number of halogens is 4. The lowest BCUT2D eigenvalue weighted by atomic mass is 10.1. The van der Waals surface area contributed by atoms with Crippen LogP contribution in [0.3, 0.4) is 0 Å². The summed E-state index contributed by atoms with van der Waals surface area (Å²) in [7, 11) is 0. The topological polar surface area (TPSA) is 92.7 Å². The average Bonchev–Trinajstić information content (AvgIpc) is 2.95. The largest absolute Gasteiger partial charge is 0.417 e. The van der Waals surface area contributed by atoms with Crippen molar-refractivity contribution in [2.75, 3.05) is 5.32 Å². The summed E-state index contributed by atoms with van der Waals surface area (Å²) in [6.07, 6.45) is -4.30. The highest BCUT2D eigenvalue weighted by Gasteiger charge is 2.36. The molecule has 0 unspecified atom stereocenters. The Morgan fingerprint density at radius 1 is 1.23 bits per heavy atom. The maximum Gasteiger partial charge on any atom is 0.417 e. The summed E-state index contributed by atoms with van der Waals surface area (Å²) in [5.74, 6) is -0.867. The Hall–Kier alpha value is -3.14. The number of alkyl halides is 3.